The Bertz CT molecular complexity index is 1880. The maximum Gasteiger partial charge on any atom is 0.338 e. The van der Waals surface area contributed by atoms with Crippen LogP contribution in [-0.4, -0.2) is 106 Å². The molecule has 0 spiro atoms. The second kappa shape index (κ2) is 22.0. The quantitative estimate of drug-likeness (QED) is 0.0567. The first-order valence-electron chi connectivity index (χ1n) is 18.6. The van der Waals surface area contributed by atoms with Gasteiger partial charge < -0.3 is 52.1 Å². The van der Waals surface area contributed by atoms with E-state index < -0.39 is 85.2 Å². The lowest BCUT2D eigenvalue weighted by Crippen LogP contribution is -2.66. The Morgan fingerprint density at radius 3 is 1.73 bits per heavy atom. The van der Waals surface area contributed by atoms with Crippen LogP contribution in [0, 0.1) is 0 Å². The minimum atomic E-state index is -1.70. The standard InChI is InChI=1S/C41H47N3O15/c1-24(45)51-23-31-33(52-22-29-16-18-30(49-4)19-17-29)34(53-20-27-12-8-6-9-13-27)32(43-44-42)40(57-31)58-36-35(54-21-28-14-10-7-11-15-28)38(55-25(2)46)41(56-26(3)47)59-37(36)39(48)50-5/h6-19,31-38,40-41H,20-23H2,1-5H3/t31-,32-,33-,34-,35+,36+,37-,38-,40-,41+/m1/s1. The molecule has 18 heteroatoms. The van der Waals surface area contributed by atoms with Crippen molar-refractivity contribution >= 4 is 23.9 Å². The van der Waals surface area contributed by atoms with E-state index in [1.165, 1.54) is 6.92 Å². The number of rotatable bonds is 18. The van der Waals surface area contributed by atoms with E-state index >= 15 is 0 Å². The van der Waals surface area contributed by atoms with E-state index in [-0.39, 0.29) is 26.4 Å². The summed E-state index contributed by atoms with van der Waals surface area (Å²) < 4.78 is 65.1. The SMILES string of the molecule is COC(=O)[C@@H]1O[C@H](OC(C)=O)[C@H](OC(C)=O)[C@@H](OCc2ccccc2)[C@@H]1O[C@H]1O[C@H](COC(C)=O)[C@@H](OCc2ccc(OC)cc2)[C@H](OCc2ccccc2)[C@H]1N=[N+]=[N-]. The van der Waals surface area contributed by atoms with Crippen molar-refractivity contribution in [2.45, 2.75) is 102 Å². The third kappa shape index (κ3) is 12.5. The van der Waals surface area contributed by atoms with Crippen LogP contribution in [0.3, 0.4) is 0 Å². The molecular formula is C41H47N3O15. The van der Waals surface area contributed by atoms with Crippen molar-refractivity contribution in [3.05, 3.63) is 112 Å². The summed E-state index contributed by atoms with van der Waals surface area (Å²) in [4.78, 5) is 53.6. The molecular weight excluding hydrogens is 774 g/mol. The maximum absolute atomic E-state index is 13.5. The Balaban J connectivity index is 1.58. The highest BCUT2D eigenvalue weighted by Gasteiger charge is 2.57. The third-order valence-electron chi connectivity index (χ3n) is 9.23. The van der Waals surface area contributed by atoms with Gasteiger partial charge in [0.15, 0.2) is 18.5 Å². The highest BCUT2D eigenvalue weighted by atomic mass is 16.8. The number of esters is 4. The van der Waals surface area contributed by atoms with Gasteiger partial charge in [0.25, 0.3) is 0 Å². The van der Waals surface area contributed by atoms with Gasteiger partial charge in [-0.1, -0.05) is 77.9 Å². The van der Waals surface area contributed by atoms with Crippen LogP contribution >= 0.6 is 0 Å². The van der Waals surface area contributed by atoms with Gasteiger partial charge in [0.05, 0.1) is 34.0 Å². The average molecular weight is 822 g/mol. The number of methoxy groups -OCH3 is 2. The first kappa shape index (κ1) is 44.5. The molecule has 59 heavy (non-hydrogen) atoms. The fraction of sp³-hybridized carbons (Fsp3) is 0.463. The number of benzene rings is 3. The van der Waals surface area contributed by atoms with Crippen molar-refractivity contribution in [1.82, 2.24) is 0 Å². The number of ether oxygens (including phenoxy) is 11. The van der Waals surface area contributed by atoms with Crippen molar-refractivity contribution in [2.75, 3.05) is 20.8 Å². The van der Waals surface area contributed by atoms with E-state index in [0.29, 0.717) is 11.3 Å². The fourth-order valence-electron chi connectivity index (χ4n) is 6.55. The monoisotopic (exact) mass is 821 g/mol. The Kier molecular flexibility index (Phi) is 16.6. The Hall–Kier alpha value is -5.59. The van der Waals surface area contributed by atoms with E-state index in [1.54, 1.807) is 55.6 Å². The summed E-state index contributed by atoms with van der Waals surface area (Å²) in [6.45, 7) is 3.02. The van der Waals surface area contributed by atoms with E-state index in [2.05, 4.69) is 10.0 Å². The van der Waals surface area contributed by atoms with Gasteiger partial charge in [-0.15, -0.1) is 0 Å². The normalized spacial score (nSPS) is 26.4. The number of carbonyl (C=O) groups excluding carboxylic acids is 4. The summed E-state index contributed by atoms with van der Waals surface area (Å²) in [5.74, 6) is -2.59. The average Bonchev–Trinajstić information content (AvgIpc) is 3.23. The highest BCUT2D eigenvalue weighted by molar-refractivity contribution is 5.76. The van der Waals surface area contributed by atoms with Gasteiger partial charge in [-0.2, -0.15) is 0 Å². The molecule has 2 saturated heterocycles. The minimum absolute atomic E-state index is 0.0110. The minimum Gasteiger partial charge on any atom is -0.497 e. The molecule has 5 rings (SSSR count). The van der Waals surface area contributed by atoms with Crippen LogP contribution in [0.2, 0.25) is 0 Å². The highest BCUT2D eigenvalue weighted by Crippen LogP contribution is 2.36. The molecule has 2 aliphatic heterocycles. The Morgan fingerprint density at radius 1 is 0.644 bits per heavy atom. The number of azide groups is 1. The van der Waals surface area contributed by atoms with Crippen molar-refractivity contribution in [1.29, 1.82) is 0 Å². The van der Waals surface area contributed by atoms with Crippen molar-refractivity contribution in [3.8, 4) is 5.75 Å². The molecule has 3 aromatic rings. The Labute approximate surface area is 340 Å². The topological polar surface area (TPSA) is 219 Å². The summed E-state index contributed by atoms with van der Waals surface area (Å²) in [5, 5.41) is 4.06. The molecule has 0 aromatic heterocycles. The lowest BCUT2D eigenvalue weighted by Gasteiger charge is -2.48. The Morgan fingerprint density at radius 2 is 1.20 bits per heavy atom. The van der Waals surface area contributed by atoms with Crippen LogP contribution in [0.5, 0.6) is 5.75 Å². The summed E-state index contributed by atoms with van der Waals surface area (Å²) in [5.41, 5.74) is 12.2. The molecule has 2 fully saturated rings. The summed E-state index contributed by atoms with van der Waals surface area (Å²) in [6.07, 6.45) is -12.8. The first-order chi connectivity index (χ1) is 28.5. The maximum atomic E-state index is 13.5. The predicted octanol–water partition coefficient (Wildman–Crippen LogP) is 4.50. The van der Waals surface area contributed by atoms with Crippen molar-refractivity contribution in [3.63, 3.8) is 0 Å². The van der Waals surface area contributed by atoms with Gasteiger partial charge in [-0.05, 0) is 34.4 Å². The zero-order valence-electron chi connectivity index (χ0n) is 33.2. The number of hydrogen-bond donors (Lipinski definition) is 0. The molecule has 18 nitrogen and oxygen atoms in total. The van der Waals surface area contributed by atoms with E-state index in [0.717, 1.165) is 32.1 Å². The van der Waals surface area contributed by atoms with Crippen LogP contribution in [0.15, 0.2) is 90.0 Å². The molecule has 0 amide bonds. The summed E-state index contributed by atoms with van der Waals surface area (Å²) in [7, 11) is 2.65. The van der Waals surface area contributed by atoms with Crippen LogP contribution < -0.4 is 4.74 Å². The van der Waals surface area contributed by atoms with Gasteiger partial charge in [0, 0.05) is 25.7 Å². The third-order valence-corrected chi connectivity index (χ3v) is 9.23. The van der Waals surface area contributed by atoms with Crippen molar-refractivity contribution < 1.29 is 71.3 Å². The van der Waals surface area contributed by atoms with Crippen molar-refractivity contribution in [2.24, 2.45) is 5.11 Å². The lowest BCUT2D eigenvalue weighted by molar-refractivity contribution is -0.345. The second-order valence-corrected chi connectivity index (χ2v) is 13.4. The number of hydrogen-bond acceptors (Lipinski definition) is 16. The van der Waals surface area contributed by atoms with Crippen LogP contribution in [0.25, 0.3) is 10.4 Å². The summed E-state index contributed by atoms with van der Waals surface area (Å²) in [6, 6.07) is 23.9. The second-order valence-electron chi connectivity index (χ2n) is 13.4. The molecule has 3 aromatic carbocycles. The molecule has 0 radical (unpaired) electrons. The zero-order chi connectivity index (χ0) is 42.3. The number of nitrogens with zero attached hydrogens (tertiary/aromatic N) is 3. The van der Waals surface area contributed by atoms with Gasteiger partial charge >= 0.3 is 23.9 Å². The number of carbonyl (C=O) groups is 4. The van der Waals surface area contributed by atoms with Crippen LogP contribution in [0.4, 0.5) is 0 Å². The van der Waals surface area contributed by atoms with Gasteiger partial charge in [0.2, 0.25) is 6.29 Å². The summed E-state index contributed by atoms with van der Waals surface area (Å²) >= 11 is 0. The molecule has 0 saturated carbocycles. The smallest absolute Gasteiger partial charge is 0.338 e. The van der Waals surface area contributed by atoms with E-state index in [1.807, 2.05) is 36.4 Å². The molecule has 2 aliphatic rings. The molecule has 316 valence electrons. The molecule has 10 atom stereocenters. The largest absolute Gasteiger partial charge is 0.497 e. The fourth-order valence-corrected chi connectivity index (χ4v) is 6.55. The molecule has 0 aliphatic carbocycles. The molecule has 0 unspecified atom stereocenters. The van der Waals surface area contributed by atoms with Crippen LogP contribution in [0.1, 0.15) is 37.5 Å². The zero-order valence-corrected chi connectivity index (χ0v) is 33.2. The van der Waals surface area contributed by atoms with Gasteiger partial charge in [0.1, 0.15) is 48.9 Å². The first-order valence-corrected chi connectivity index (χ1v) is 18.6. The molecule has 0 bridgehead atoms. The molecule has 0 N–H and O–H groups in total. The predicted molar refractivity (Wildman–Crippen MR) is 203 cm³/mol. The van der Waals surface area contributed by atoms with Gasteiger partial charge in [-0.25, -0.2) is 4.79 Å². The van der Waals surface area contributed by atoms with Gasteiger partial charge in [-0.3, -0.25) is 14.4 Å². The van der Waals surface area contributed by atoms with E-state index in [9.17, 15) is 24.7 Å². The lowest BCUT2D eigenvalue weighted by atomic mass is 9.95. The van der Waals surface area contributed by atoms with E-state index in [4.69, 9.17) is 52.1 Å². The van der Waals surface area contributed by atoms with Crippen LogP contribution in [-0.2, 0) is 86.4 Å². The molecule has 2 heterocycles.